The Balaban J connectivity index is 1.28. The zero-order valence-electron chi connectivity index (χ0n) is 16.6. The van der Waals surface area contributed by atoms with Gasteiger partial charge in [0.2, 0.25) is 0 Å². The number of thiazole rings is 1. The molecule has 6 nitrogen and oxygen atoms in total. The third kappa shape index (κ3) is 5.31. The van der Waals surface area contributed by atoms with E-state index in [-0.39, 0.29) is 5.91 Å². The lowest BCUT2D eigenvalue weighted by atomic mass is 10.2. The standard InChI is InChI=1S/C22H27N5OS/c28-21(23-11-8-14-26-12-6-1-2-7-13-26)20-17-29-22(25-20)18-15-24-27(16-18)19-9-4-3-5-10-19/h3-5,9-10,15-17H,1-2,6-8,11-14H2,(H,23,28). The van der Waals surface area contributed by atoms with Crippen LogP contribution < -0.4 is 5.32 Å². The Kier molecular flexibility index (Phi) is 6.69. The van der Waals surface area contributed by atoms with Gasteiger partial charge in [0, 0.05) is 23.7 Å². The monoisotopic (exact) mass is 409 g/mol. The van der Waals surface area contributed by atoms with Crippen LogP contribution in [-0.4, -0.2) is 51.8 Å². The Labute approximate surface area is 175 Å². The van der Waals surface area contributed by atoms with Gasteiger partial charge in [-0.15, -0.1) is 11.3 Å². The fourth-order valence-corrected chi connectivity index (χ4v) is 4.40. The average molecular weight is 410 g/mol. The molecule has 7 heteroatoms. The van der Waals surface area contributed by atoms with Crippen LogP contribution in [0.5, 0.6) is 0 Å². The summed E-state index contributed by atoms with van der Waals surface area (Å²) in [7, 11) is 0. The highest BCUT2D eigenvalue weighted by Crippen LogP contribution is 2.24. The summed E-state index contributed by atoms with van der Waals surface area (Å²) in [6.07, 6.45) is 10.0. The van der Waals surface area contributed by atoms with Crippen LogP contribution in [0.4, 0.5) is 0 Å². The lowest BCUT2D eigenvalue weighted by Gasteiger charge is -2.19. The Bertz CT molecular complexity index is 912. The molecular weight excluding hydrogens is 382 g/mol. The van der Waals surface area contributed by atoms with Crippen molar-refractivity contribution >= 4 is 17.2 Å². The van der Waals surface area contributed by atoms with Gasteiger partial charge in [0.15, 0.2) is 0 Å². The van der Waals surface area contributed by atoms with Crippen molar-refractivity contribution < 1.29 is 4.79 Å². The van der Waals surface area contributed by atoms with Gasteiger partial charge in [-0.3, -0.25) is 4.79 Å². The molecule has 0 spiro atoms. The van der Waals surface area contributed by atoms with E-state index in [1.807, 2.05) is 46.6 Å². The molecule has 3 aromatic rings. The molecule has 0 unspecified atom stereocenters. The third-order valence-corrected chi connectivity index (χ3v) is 6.11. The molecule has 1 fully saturated rings. The normalized spacial score (nSPS) is 15.2. The minimum absolute atomic E-state index is 0.0983. The molecule has 0 saturated carbocycles. The number of likely N-dealkylation sites (tertiary alicyclic amines) is 1. The largest absolute Gasteiger partial charge is 0.351 e. The summed E-state index contributed by atoms with van der Waals surface area (Å²) in [5.74, 6) is -0.0983. The first-order valence-corrected chi connectivity index (χ1v) is 11.2. The molecule has 1 aliphatic rings. The van der Waals surface area contributed by atoms with Crippen LogP contribution >= 0.6 is 11.3 Å². The van der Waals surface area contributed by atoms with Gasteiger partial charge in [-0.2, -0.15) is 5.10 Å². The van der Waals surface area contributed by atoms with Crippen LogP contribution in [0.3, 0.4) is 0 Å². The average Bonchev–Trinajstić information content (AvgIpc) is 3.37. The number of hydrogen-bond acceptors (Lipinski definition) is 5. The van der Waals surface area contributed by atoms with Crippen molar-refractivity contribution in [3.63, 3.8) is 0 Å². The van der Waals surface area contributed by atoms with Crippen molar-refractivity contribution in [3.05, 3.63) is 53.8 Å². The lowest BCUT2D eigenvalue weighted by Crippen LogP contribution is -2.30. The van der Waals surface area contributed by atoms with E-state index in [0.29, 0.717) is 12.2 Å². The predicted molar refractivity (Wildman–Crippen MR) is 117 cm³/mol. The molecule has 1 saturated heterocycles. The third-order valence-electron chi connectivity index (χ3n) is 5.22. The van der Waals surface area contributed by atoms with E-state index in [2.05, 4.69) is 20.3 Å². The van der Waals surface area contributed by atoms with E-state index in [4.69, 9.17) is 0 Å². The Hall–Kier alpha value is -2.51. The van der Waals surface area contributed by atoms with Crippen molar-refractivity contribution in [2.75, 3.05) is 26.2 Å². The number of para-hydroxylation sites is 1. The zero-order valence-corrected chi connectivity index (χ0v) is 17.4. The maximum atomic E-state index is 12.4. The molecule has 3 heterocycles. The molecule has 0 radical (unpaired) electrons. The fraction of sp³-hybridized carbons (Fsp3) is 0.409. The first-order chi connectivity index (χ1) is 14.3. The molecular formula is C22H27N5OS. The first kappa shape index (κ1) is 19.8. The van der Waals surface area contributed by atoms with Crippen LogP contribution in [0, 0.1) is 0 Å². The maximum Gasteiger partial charge on any atom is 0.270 e. The van der Waals surface area contributed by atoms with Crippen LogP contribution in [0.1, 0.15) is 42.6 Å². The molecule has 1 aliphatic heterocycles. The Morgan fingerprint density at radius 3 is 2.69 bits per heavy atom. The number of rotatable bonds is 7. The molecule has 0 atom stereocenters. The van der Waals surface area contributed by atoms with E-state index in [0.717, 1.165) is 29.2 Å². The minimum atomic E-state index is -0.0983. The number of aromatic nitrogens is 3. The number of carbonyl (C=O) groups excluding carboxylic acids is 1. The van der Waals surface area contributed by atoms with E-state index >= 15 is 0 Å². The molecule has 4 rings (SSSR count). The van der Waals surface area contributed by atoms with Crippen molar-refractivity contribution in [2.45, 2.75) is 32.1 Å². The second kappa shape index (κ2) is 9.80. The van der Waals surface area contributed by atoms with Crippen molar-refractivity contribution in [1.82, 2.24) is 25.0 Å². The molecule has 0 aliphatic carbocycles. The minimum Gasteiger partial charge on any atom is -0.351 e. The fourth-order valence-electron chi connectivity index (χ4n) is 3.62. The van der Waals surface area contributed by atoms with Gasteiger partial charge in [-0.05, 0) is 51.0 Å². The summed E-state index contributed by atoms with van der Waals surface area (Å²) in [5.41, 5.74) is 2.39. The quantitative estimate of drug-likeness (QED) is 0.599. The second-order valence-electron chi connectivity index (χ2n) is 7.41. The van der Waals surface area contributed by atoms with E-state index in [9.17, 15) is 4.79 Å². The van der Waals surface area contributed by atoms with Gasteiger partial charge in [-0.25, -0.2) is 9.67 Å². The van der Waals surface area contributed by atoms with Crippen molar-refractivity contribution in [2.24, 2.45) is 0 Å². The number of hydrogen-bond donors (Lipinski definition) is 1. The summed E-state index contributed by atoms with van der Waals surface area (Å²) in [6, 6.07) is 9.95. The van der Waals surface area contributed by atoms with Crippen molar-refractivity contribution in [3.8, 4) is 16.3 Å². The van der Waals surface area contributed by atoms with Crippen molar-refractivity contribution in [1.29, 1.82) is 0 Å². The number of nitrogens with one attached hydrogen (secondary N) is 1. The lowest BCUT2D eigenvalue weighted by molar-refractivity contribution is 0.0947. The first-order valence-electron chi connectivity index (χ1n) is 10.4. The van der Waals surface area contributed by atoms with E-state index in [1.165, 1.54) is 50.1 Å². The highest BCUT2D eigenvalue weighted by Gasteiger charge is 2.14. The summed E-state index contributed by atoms with van der Waals surface area (Å²) in [5, 5.41) is 10.0. The molecule has 152 valence electrons. The molecule has 1 amide bonds. The zero-order chi connectivity index (χ0) is 19.9. The number of nitrogens with zero attached hydrogens (tertiary/aromatic N) is 4. The van der Waals surface area contributed by atoms with Gasteiger partial charge < -0.3 is 10.2 Å². The van der Waals surface area contributed by atoms with Crippen LogP contribution in [0.25, 0.3) is 16.3 Å². The highest BCUT2D eigenvalue weighted by atomic mass is 32.1. The summed E-state index contributed by atoms with van der Waals surface area (Å²) < 4.78 is 1.82. The Morgan fingerprint density at radius 1 is 1.10 bits per heavy atom. The smallest absolute Gasteiger partial charge is 0.270 e. The molecule has 1 N–H and O–H groups in total. The predicted octanol–water partition coefficient (Wildman–Crippen LogP) is 3.99. The molecule has 1 aromatic carbocycles. The van der Waals surface area contributed by atoms with Crippen LogP contribution in [-0.2, 0) is 0 Å². The van der Waals surface area contributed by atoms with Crippen LogP contribution in [0.2, 0.25) is 0 Å². The second-order valence-corrected chi connectivity index (χ2v) is 8.27. The summed E-state index contributed by atoms with van der Waals surface area (Å²) in [6.45, 7) is 4.13. The van der Waals surface area contributed by atoms with Gasteiger partial charge in [0.1, 0.15) is 10.7 Å². The molecule has 2 aromatic heterocycles. The van der Waals surface area contributed by atoms with Crippen LogP contribution in [0.15, 0.2) is 48.1 Å². The van der Waals surface area contributed by atoms with E-state index in [1.54, 1.807) is 6.20 Å². The van der Waals surface area contributed by atoms with Gasteiger partial charge in [-0.1, -0.05) is 31.0 Å². The molecule has 0 bridgehead atoms. The van der Waals surface area contributed by atoms with E-state index < -0.39 is 0 Å². The summed E-state index contributed by atoms with van der Waals surface area (Å²) >= 11 is 1.47. The summed E-state index contributed by atoms with van der Waals surface area (Å²) in [4.78, 5) is 19.5. The highest BCUT2D eigenvalue weighted by molar-refractivity contribution is 7.13. The van der Waals surface area contributed by atoms with Gasteiger partial charge >= 0.3 is 0 Å². The maximum absolute atomic E-state index is 12.4. The SMILES string of the molecule is O=C(NCCCN1CCCCCC1)c1csc(-c2cnn(-c3ccccc3)c2)n1. The topological polar surface area (TPSA) is 63.1 Å². The van der Waals surface area contributed by atoms with Gasteiger partial charge in [0.25, 0.3) is 5.91 Å². The number of carbonyl (C=O) groups is 1. The number of amides is 1. The number of benzene rings is 1. The van der Waals surface area contributed by atoms with Gasteiger partial charge in [0.05, 0.1) is 11.9 Å². The molecule has 29 heavy (non-hydrogen) atoms. The Morgan fingerprint density at radius 2 is 1.90 bits per heavy atom.